The van der Waals surface area contributed by atoms with Crippen molar-refractivity contribution in [3.8, 4) is 11.3 Å². The van der Waals surface area contributed by atoms with Gasteiger partial charge in [-0.2, -0.15) is 13.2 Å². The predicted molar refractivity (Wildman–Crippen MR) is 135 cm³/mol. The first-order chi connectivity index (χ1) is 19.8. The zero-order chi connectivity index (χ0) is 30.4. The lowest BCUT2D eigenvalue weighted by molar-refractivity contribution is -0.187. The molecule has 2 atom stereocenters. The number of aromatic nitrogens is 1. The Morgan fingerprint density at radius 2 is 1.81 bits per heavy atom. The number of amides is 2. The highest BCUT2D eigenvalue weighted by atomic mass is 19.4. The molecule has 1 fully saturated rings. The van der Waals surface area contributed by atoms with Gasteiger partial charge in [-0.1, -0.05) is 24.3 Å². The zero-order valence-electron chi connectivity index (χ0n) is 22.0. The van der Waals surface area contributed by atoms with Gasteiger partial charge in [-0.15, -0.1) is 0 Å². The molecule has 0 N–H and O–H groups in total. The van der Waals surface area contributed by atoms with E-state index < -0.39 is 67.5 Å². The molecule has 1 spiro atoms. The minimum atomic E-state index is -4.79. The molecule has 5 rings (SSSR count). The zero-order valence-corrected chi connectivity index (χ0v) is 22.0. The summed E-state index contributed by atoms with van der Waals surface area (Å²) in [6, 6.07) is 9.25. The number of Topliss-reactive ketones (excluding diaryl/α,β-unsaturated/α-hetero) is 1. The summed E-state index contributed by atoms with van der Waals surface area (Å²) in [4.78, 5) is 45.4. The Labute approximate surface area is 235 Å². The normalized spacial score (nSPS) is 19.1. The molecular weight excluding hydrogens is 568 g/mol. The van der Waals surface area contributed by atoms with E-state index in [4.69, 9.17) is 4.74 Å². The maximum atomic E-state index is 13.6. The highest BCUT2D eigenvalue weighted by molar-refractivity contribution is 6.15. The molecule has 0 radical (unpaired) electrons. The van der Waals surface area contributed by atoms with Crippen molar-refractivity contribution < 1.29 is 45.5 Å². The number of hydrogen-bond donors (Lipinski definition) is 0. The van der Waals surface area contributed by atoms with Crippen LogP contribution in [0.4, 0.5) is 26.3 Å². The van der Waals surface area contributed by atoms with Crippen molar-refractivity contribution in [1.82, 2.24) is 14.8 Å². The Bertz CT molecular complexity index is 1550. The lowest BCUT2D eigenvalue weighted by Crippen LogP contribution is -2.51. The minimum absolute atomic E-state index is 0.202. The summed E-state index contributed by atoms with van der Waals surface area (Å²) < 4.78 is 86.2. The topological polar surface area (TPSA) is 79.8 Å². The van der Waals surface area contributed by atoms with E-state index in [9.17, 15) is 40.7 Å². The van der Waals surface area contributed by atoms with Crippen LogP contribution in [0.1, 0.15) is 35.6 Å². The third-order valence-electron chi connectivity index (χ3n) is 7.44. The fourth-order valence-corrected chi connectivity index (χ4v) is 5.12. The highest BCUT2D eigenvalue weighted by Gasteiger charge is 2.59. The van der Waals surface area contributed by atoms with Crippen LogP contribution in [0.3, 0.4) is 0 Å². The van der Waals surface area contributed by atoms with E-state index in [1.807, 2.05) is 0 Å². The Kier molecular flexibility index (Phi) is 7.56. The maximum absolute atomic E-state index is 13.6. The summed E-state index contributed by atoms with van der Waals surface area (Å²) in [5.74, 6) is -3.18. The van der Waals surface area contributed by atoms with E-state index in [0.29, 0.717) is 16.0 Å². The number of carbonyl (C=O) groups excluding carboxylic acids is 3. The summed E-state index contributed by atoms with van der Waals surface area (Å²) in [5.41, 5.74) is -0.823. The van der Waals surface area contributed by atoms with E-state index in [-0.39, 0.29) is 28.8 Å². The highest BCUT2D eigenvalue weighted by Crippen LogP contribution is 2.43. The van der Waals surface area contributed by atoms with Gasteiger partial charge in [0.1, 0.15) is 25.1 Å². The second-order valence-electron chi connectivity index (χ2n) is 10.1. The Balaban J connectivity index is 1.38. The standard InChI is InChI=1S/C29H23F6N3O4/c1-16(29(33,34)35)38(13-17-2-5-21(30)6-3-17)25(40)14-37-15-42-28(27(37)41)22-7-4-18(10-20(22)12-24(28)39)23-11-19(26(31)32)8-9-36-23/h2-11,16,26H,12-15H2,1H3/t16-,28+/m0/s1. The van der Waals surface area contributed by atoms with Crippen LogP contribution in [0.5, 0.6) is 0 Å². The Morgan fingerprint density at radius 1 is 1.10 bits per heavy atom. The number of pyridine rings is 1. The van der Waals surface area contributed by atoms with Gasteiger partial charge in [0.25, 0.3) is 12.3 Å². The number of nitrogens with zero attached hydrogens (tertiary/aromatic N) is 3. The molecule has 1 aliphatic heterocycles. The molecule has 1 aliphatic carbocycles. The lowest BCUT2D eigenvalue weighted by Gasteiger charge is -2.32. The summed E-state index contributed by atoms with van der Waals surface area (Å²) in [5, 5.41) is 0. The van der Waals surface area contributed by atoms with E-state index >= 15 is 0 Å². The number of fused-ring (bicyclic) bond motifs is 2. The van der Waals surface area contributed by atoms with Gasteiger partial charge >= 0.3 is 6.18 Å². The molecule has 1 saturated heterocycles. The number of benzene rings is 2. The third kappa shape index (κ3) is 5.24. The second-order valence-corrected chi connectivity index (χ2v) is 10.1. The van der Waals surface area contributed by atoms with E-state index in [2.05, 4.69) is 4.98 Å². The van der Waals surface area contributed by atoms with Gasteiger partial charge in [-0.05, 0) is 48.4 Å². The fourth-order valence-electron chi connectivity index (χ4n) is 5.12. The molecule has 2 heterocycles. The largest absolute Gasteiger partial charge is 0.408 e. The average molecular weight is 592 g/mol. The maximum Gasteiger partial charge on any atom is 0.408 e. The molecule has 2 aliphatic rings. The van der Waals surface area contributed by atoms with E-state index in [0.717, 1.165) is 24.0 Å². The number of halogens is 6. The van der Waals surface area contributed by atoms with Crippen molar-refractivity contribution in [1.29, 1.82) is 0 Å². The van der Waals surface area contributed by atoms with Crippen molar-refractivity contribution in [3.05, 3.63) is 88.9 Å². The molecule has 220 valence electrons. The van der Waals surface area contributed by atoms with Crippen LogP contribution in [0.2, 0.25) is 0 Å². The molecule has 0 saturated carbocycles. The van der Waals surface area contributed by atoms with Gasteiger partial charge in [0.2, 0.25) is 11.5 Å². The van der Waals surface area contributed by atoms with Crippen molar-refractivity contribution >= 4 is 17.6 Å². The first kappa shape index (κ1) is 29.2. The van der Waals surface area contributed by atoms with Crippen LogP contribution < -0.4 is 0 Å². The Morgan fingerprint density at radius 3 is 2.48 bits per heavy atom. The smallest absolute Gasteiger partial charge is 0.332 e. The number of rotatable bonds is 7. The molecule has 2 amide bonds. The molecule has 0 bridgehead atoms. The van der Waals surface area contributed by atoms with Gasteiger partial charge in [-0.3, -0.25) is 19.4 Å². The van der Waals surface area contributed by atoms with Crippen molar-refractivity contribution in [3.63, 3.8) is 0 Å². The minimum Gasteiger partial charge on any atom is -0.332 e. The fraction of sp³-hybridized carbons (Fsp3) is 0.310. The third-order valence-corrected chi connectivity index (χ3v) is 7.44. The van der Waals surface area contributed by atoms with Gasteiger partial charge in [-0.25, -0.2) is 13.2 Å². The van der Waals surface area contributed by atoms with Crippen molar-refractivity contribution in [2.75, 3.05) is 13.3 Å². The van der Waals surface area contributed by atoms with Crippen molar-refractivity contribution in [2.45, 2.75) is 44.1 Å². The molecule has 1 aromatic heterocycles. The number of hydrogen-bond acceptors (Lipinski definition) is 5. The van der Waals surface area contributed by atoms with Gasteiger partial charge in [0, 0.05) is 35.9 Å². The quantitative estimate of drug-likeness (QED) is 0.287. The molecule has 3 aromatic rings. The summed E-state index contributed by atoms with van der Waals surface area (Å²) in [6.07, 6.45) is -6.50. The van der Waals surface area contributed by atoms with Gasteiger partial charge in [0.05, 0.1) is 5.69 Å². The van der Waals surface area contributed by atoms with Crippen molar-refractivity contribution in [2.24, 2.45) is 0 Å². The molecule has 7 nitrogen and oxygen atoms in total. The van der Waals surface area contributed by atoms with Gasteiger partial charge in [0.15, 0.2) is 5.78 Å². The summed E-state index contributed by atoms with van der Waals surface area (Å²) in [6.45, 7) is -1.03. The summed E-state index contributed by atoms with van der Waals surface area (Å²) in [7, 11) is 0. The average Bonchev–Trinajstić information content (AvgIpc) is 3.43. The van der Waals surface area contributed by atoms with Gasteiger partial charge < -0.3 is 14.5 Å². The number of ether oxygens (including phenoxy) is 1. The molecular formula is C29H23F6N3O4. The second kappa shape index (κ2) is 10.9. The lowest BCUT2D eigenvalue weighted by atomic mass is 9.93. The summed E-state index contributed by atoms with van der Waals surface area (Å²) >= 11 is 0. The number of ketones is 1. The van der Waals surface area contributed by atoms with Crippen LogP contribution in [0, 0.1) is 5.82 Å². The monoisotopic (exact) mass is 591 g/mol. The van der Waals surface area contributed by atoms with Crippen LogP contribution in [0.25, 0.3) is 11.3 Å². The Hall–Kier alpha value is -4.26. The van der Waals surface area contributed by atoms with Crippen LogP contribution in [-0.4, -0.2) is 57.9 Å². The SMILES string of the molecule is C[C@H](N(Cc1ccc(F)cc1)C(=O)CN1CO[C@]2(C(=O)Cc3cc(-c4cc(C(F)F)ccn4)ccc32)C1=O)C(F)(F)F. The first-order valence-corrected chi connectivity index (χ1v) is 12.8. The molecule has 13 heteroatoms. The van der Waals surface area contributed by atoms with Crippen LogP contribution >= 0.6 is 0 Å². The van der Waals surface area contributed by atoms with E-state index in [1.54, 1.807) is 6.07 Å². The van der Waals surface area contributed by atoms with Crippen LogP contribution in [-0.2, 0) is 37.7 Å². The first-order valence-electron chi connectivity index (χ1n) is 12.8. The number of alkyl halides is 5. The molecule has 0 unspecified atom stereocenters. The molecule has 42 heavy (non-hydrogen) atoms. The number of carbonyl (C=O) groups is 3. The molecule has 2 aromatic carbocycles. The predicted octanol–water partition coefficient (Wildman–Crippen LogP) is 4.94. The van der Waals surface area contributed by atoms with Crippen LogP contribution in [0.15, 0.2) is 60.8 Å². The van der Waals surface area contributed by atoms with E-state index in [1.165, 1.54) is 42.6 Å².